The van der Waals surface area contributed by atoms with Gasteiger partial charge in [0.15, 0.2) is 5.13 Å². The van der Waals surface area contributed by atoms with Gasteiger partial charge in [-0.15, -0.1) is 0 Å². The third-order valence-corrected chi connectivity index (χ3v) is 4.46. The number of benzene rings is 1. The number of nitrogens with one attached hydrogen (secondary N) is 1. The van der Waals surface area contributed by atoms with E-state index in [0.717, 1.165) is 15.6 Å². The highest BCUT2D eigenvalue weighted by atomic mass is 35.5. The number of aromatic nitrogens is 3. The van der Waals surface area contributed by atoms with E-state index in [1.807, 2.05) is 12.1 Å². The molecule has 2 heterocycles. The standard InChI is InChI=1S/C16H16ClN5S/c1-9-4-3-5-11(6-9)15(18)12-8-19-16(23-12)22-14-7-13(17)20-10(2)21-14/h3-8,15H,18H2,1-2H3,(H,19,20,21,22). The van der Waals surface area contributed by atoms with Crippen molar-refractivity contribution in [3.8, 4) is 0 Å². The minimum absolute atomic E-state index is 0.196. The van der Waals surface area contributed by atoms with Gasteiger partial charge in [-0.3, -0.25) is 0 Å². The summed E-state index contributed by atoms with van der Waals surface area (Å²) in [4.78, 5) is 13.7. The number of thiazole rings is 1. The molecule has 0 spiro atoms. The number of anilines is 2. The van der Waals surface area contributed by atoms with Crippen LogP contribution in [-0.4, -0.2) is 15.0 Å². The van der Waals surface area contributed by atoms with Crippen molar-refractivity contribution in [2.75, 3.05) is 5.32 Å². The second-order valence-electron chi connectivity index (χ2n) is 5.21. The van der Waals surface area contributed by atoms with Crippen LogP contribution in [0, 0.1) is 13.8 Å². The van der Waals surface area contributed by atoms with Crippen LogP contribution in [0.4, 0.5) is 10.9 Å². The van der Waals surface area contributed by atoms with E-state index in [-0.39, 0.29) is 6.04 Å². The molecule has 5 nitrogen and oxygen atoms in total. The van der Waals surface area contributed by atoms with Crippen molar-refractivity contribution in [2.24, 2.45) is 5.73 Å². The molecule has 0 fully saturated rings. The van der Waals surface area contributed by atoms with Crippen LogP contribution in [0.1, 0.15) is 27.9 Å². The van der Waals surface area contributed by atoms with Gasteiger partial charge in [-0.2, -0.15) is 0 Å². The smallest absolute Gasteiger partial charge is 0.188 e. The molecule has 3 N–H and O–H groups in total. The third-order valence-electron chi connectivity index (χ3n) is 3.27. The fraction of sp³-hybridized carbons (Fsp3) is 0.188. The second kappa shape index (κ2) is 6.62. The first kappa shape index (κ1) is 15.9. The molecular weight excluding hydrogens is 330 g/mol. The largest absolute Gasteiger partial charge is 0.320 e. The highest BCUT2D eigenvalue weighted by molar-refractivity contribution is 7.15. The van der Waals surface area contributed by atoms with E-state index >= 15 is 0 Å². The Bertz CT molecular complexity index is 813. The van der Waals surface area contributed by atoms with Crippen LogP contribution in [0.3, 0.4) is 0 Å². The van der Waals surface area contributed by atoms with E-state index < -0.39 is 0 Å². The Kier molecular flexibility index (Phi) is 4.56. The van der Waals surface area contributed by atoms with Crippen LogP contribution in [0.2, 0.25) is 5.15 Å². The predicted molar refractivity (Wildman–Crippen MR) is 94.4 cm³/mol. The summed E-state index contributed by atoms with van der Waals surface area (Å²) in [6.45, 7) is 3.84. The normalized spacial score (nSPS) is 12.2. The number of halogens is 1. The van der Waals surface area contributed by atoms with E-state index in [1.165, 1.54) is 16.9 Å². The number of hydrogen-bond acceptors (Lipinski definition) is 6. The van der Waals surface area contributed by atoms with Crippen molar-refractivity contribution in [1.29, 1.82) is 0 Å². The molecule has 23 heavy (non-hydrogen) atoms. The monoisotopic (exact) mass is 345 g/mol. The molecule has 3 rings (SSSR count). The first-order valence-electron chi connectivity index (χ1n) is 7.07. The average Bonchev–Trinajstić information content (AvgIpc) is 2.94. The maximum Gasteiger partial charge on any atom is 0.188 e. The van der Waals surface area contributed by atoms with Crippen molar-refractivity contribution >= 4 is 33.9 Å². The lowest BCUT2D eigenvalue weighted by atomic mass is 10.0. The Balaban J connectivity index is 1.80. The minimum atomic E-state index is -0.196. The minimum Gasteiger partial charge on any atom is -0.320 e. The van der Waals surface area contributed by atoms with Crippen LogP contribution >= 0.6 is 22.9 Å². The molecule has 3 aromatic rings. The first-order valence-corrected chi connectivity index (χ1v) is 8.27. The SMILES string of the molecule is Cc1cccc(C(N)c2cnc(Nc3cc(Cl)nc(C)n3)s2)c1. The van der Waals surface area contributed by atoms with Crippen molar-refractivity contribution < 1.29 is 0 Å². The second-order valence-corrected chi connectivity index (χ2v) is 6.66. The topological polar surface area (TPSA) is 76.7 Å². The lowest BCUT2D eigenvalue weighted by Crippen LogP contribution is -2.10. The van der Waals surface area contributed by atoms with Crippen LogP contribution in [0.25, 0.3) is 0 Å². The highest BCUT2D eigenvalue weighted by Gasteiger charge is 2.13. The summed E-state index contributed by atoms with van der Waals surface area (Å²) in [6, 6.07) is 9.64. The zero-order valence-corrected chi connectivity index (χ0v) is 14.3. The molecule has 0 aliphatic rings. The Labute approximate surface area is 143 Å². The number of nitrogens with two attached hydrogens (primary N) is 1. The molecule has 1 unspecified atom stereocenters. The van der Waals surface area contributed by atoms with E-state index in [2.05, 4.69) is 39.3 Å². The van der Waals surface area contributed by atoms with Crippen molar-refractivity contribution in [3.63, 3.8) is 0 Å². The molecular formula is C16H16ClN5S. The molecule has 0 amide bonds. The molecule has 2 aromatic heterocycles. The quantitative estimate of drug-likeness (QED) is 0.699. The average molecular weight is 346 g/mol. The van der Waals surface area contributed by atoms with Gasteiger partial charge in [0.25, 0.3) is 0 Å². The van der Waals surface area contributed by atoms with E-state index in [0.29, 0.717) is 16.8 Å². The fourth-order valence-corrected chi connectivity index (χ4v) is 3.30. The molecule has 118 valence electrons. The van der Waals surface area contributed by atoms with Crippen molar-refractivity contribution in [1.82, 2.24) is 15.0 Å². The van der Waals surface area contributed by atoms with E-state index in [9.17, 15) is 0 Å². The van der Waals surface area contributed by atoms with Gasteiger partial charge in [-0.05, 0) is 19.4 Å². The van der Waals surface area contributed by atoms with Crippen molar-refractivity contribution in [3.05, 3.63) is 63.5 Å². The lowest BCUT2D eigenvalue weighted by molar-refractivity contribution is 0.887. The number of hydrogen-bond donors (Lipinski definition) is 2. The van der Waals surface area contributed by atoms with Gasteiger partial charge in [0.2, 0.25) is 0 Å². The molecule has 1 atom stereocenters. The van der Waals surface area contributed by atoms with E-state index in [4.69, 9.17) is 17.3 Å². The van der Waals surface area contributed by atoms with Gasteiger partial charge < -0.3 is 11.1 Å². The Hall–Kier alpha value is -2.02. The number of nitrogens with zero attached hydrogens (tertiary/aromatic N) is 3. The summed E-state index contributed by atoms with van der Waals surface area (Å²) >= 11 is 7.44. The zero-order chi connectivity index (χ0) is 16.4. The molecule has 0 bridgehead atoms. The van der Waals surface area contributed by atoms with Crippen LogP contribution in [0.5, 0.6) is 0 Å². The molecule has 0 aliphatic heterocycles. The first-order chi connectivity index (χ1) is 11.0. The molecule has 0 saturated heterocycles. The van der Waals surface area contributed by atoms with Gasteiger partial charge >= 0.3 is 0 Å². The molecule has 0 radical (unpaired) electrons. The summed E-state index contributed by atoms with van der Waals surface area (Å²) in [5, 5.41) is 4.26. The maximum atomic E-state index is 6.34. The third kappa shape index (κ3) is 3.85. The summed E-state index contributed by atoms with van der Waals surface area (Å²) in [5.74, 6) is 1.22. The maximum absolute atomic E-state index is 6.34. The van der Waals surface area contributed by atoms with Gasteiger partial charge in [-0.25, -0.2) is 15.0 Å². The van der Waals surface area contributed by atoms with Crippen LogP contribution in [-0.2, 0) is 0 Å². The summed E-state index contributed by atoms with van der Waals surface area (Å²) in [7, 11) is 0. The van der Waals surface area contributed by atoms with Crippen LogP contribution < -0.4 is 11.1 Å². The van der Waals surface area contributed by atoms with Gasteiger partial charge in [0.05, 0.1) is 6.04 Å². The summed E-state index contributed by atoms with van der Waals surface area (Å²) < 4.78 is 0. The summed E-state index contributed by atoms with van der Waals surface area (Å²) in [5.41, 5.74) is 8.59. The molecule has 7 heteroatoms. The fourth-order valence-electron chi connectivity index (χ4n) is 2.22. The molecule has 0 aliphatic carbocycles. The predicted octanol–water partition coefficient (Wildman–Crippen LogP) is 4.00. The van der Waals surface area contributed by atoms with Gasteiger partial charge in [-0.1, -0.05) is 52.8 Å². The van der Waals surface area contributed by atoms with Crippen molar-refractivity contribution in [2.45, 2.75) is 19.9 Å². The Morgan fingerprint density at radius 1 is 1.22 bits per heavy atom. The zero-order valence-electron chi connectivity index (χ0n) is 12.7. The van der Waals surface area contributed by atoms with E-state index in [1.54, 1.807) is 19.2 Å². The molecule has 0 saturated carbocycles. The number of rotatable bonds is 4. The Morgan fingerprint density at radius 2 is 2.04 bits per heavy atom. The Morgan fingerprint density at radius 3 is 2.78 bits per heavy atom. The molecule has 1 aromatic carbocycles. The lowest BCUT2D eigenvalue weighted by Gasteiger charge is -2.10. The number of aryl methyl sites for hydroxylation is 2. The highest BCUT2D eigenvalue weighted by Crippen LogP contribution is 2.29. The van der Waals surface area contributed by atoms with Crippen LogP contribution in [0.15, 0.2) is 36.5 Å². The van der Waals surface area contributed by atoms with Gasteiger partial charge in [0.1, 0.15) is 16.8 Å². The summed E-state index contributed by atoms with van der Waals surface area (Å²) in [6.07, 6.45) is 1.79. The van der Waals surface area contributed by atoms with Gasteiger partial charge in [0, 0.05) is 17.1 Å².